The number of nitrogens with zero attached hydrogens (tertiary/aromatic N) is 3. The summed E-state index contributed by atoms with van der Waals surface area (Å²) in [5, 5.41) is 4.35. The Kier molecular flexibility index (Phi) is 11.8. The highest BCUT2D eigenvalue weighted by molar-refractivity contribution is 14.0. The predicted molar refractivity (Wildman–Crippen MR) is 119 cm³/mol. The Hall–Kier alpha value is 0.310. The number of nitrogens with one attached hydrogen (secondary N) is 1. The Bertz CT molecular complexity index is 367. The van der Waals surface area contributed by atoms with E-state index in [1.165, 1.54) is 57.5 Å². The first-order chi connectivity index (χ1) is 11.2. The summed E-state index contributed by atoms with van der Waals surface area (Å²) in [4.78, 5) is 9.58. The minimum absolute atomic E-state index is 0. The molecule has 0 aromatic carbocycles. The van der Waals surface area contributed by atoms with Crippen molar-refractivity contribution in [2.45, 2.75) is 51.2 Å². The zero-order chi connectivity index (χ0) is 16.5. The topological polar surface area (TPSA) is 30.9 Å². The van der Waals surface area contributed by atoms with Gasteiger partial charge < -0.3 is 15.1 Å². The molecule has 2 heterocycles. The largest absolute Gasteiger partial charge is 0.356 e. The summed E-state index contributed by atoms with van der Waals surface area (Å²) in [5.41, 5.74) is 0. The van der Waals surface area contributed by atoms with Crippen LogP contribution in [0.25, 0.3) is 0 Å². The molecule has 0 aromatic heterocycles. The lowest BCUT2D eigenvalue weighted by atomic mass is 10.0. The monoisotopic (exact) mass is 468 g/mol. The molecule has 0 aromatic rings. The highest BCUT2D eigenvalue weighted by Crippen LogP contribution is 2.21. The van der Waals surface area contributed by atoms with E-state index >= 15 is 0 Å². The third kappa shape index (κ3) is 7.68. The van der Waals surface area contributed by atoms with Gasteiger partial charge in [-0.1, -0.05) is 13.8 Å². The molecule has 0 radical (unpaired) electrons. The Morgan fingerprint density at radius 1 is 1.25 bits per heavy atom. The standard InChI is InChI=1S/C18H36N4S.HI/c1-4-17-15-22(12-13-23-17)18(19-3)20-9-5-6-10-21-11-7-8-16(2)14-21;/h16-17H,4-15H2,1-3H3,(H,19,20);1H. The zero-order valence-corrected chi connectivity index (χ0v) is 18.9. The van der Waals surface area contributed by atoms with E-state index in [1.807, 2.05) is 7.05 Å². The van der Waals surface area contributed by atoms with Crippen LogP contribution in [0.2, 0.25) is 0 Å². The maximum Gasteiger partial charge on any atom is 0.193 e. The van der Waals surface area contributed by atoms with E-state index in [-0.39, 0.29) is 24.0 Å². The molecule has 0 bridgehead atoms. The molecule has 2 unspecified atom stereocenters. The second kappa shape index (κ2) is 12.6. The number of piperidine rings is 1. The molecule has 2 aliphatic heterocycles. The predicted octanol–water partition coefficient (Wildman–Crippen LogP) is 3.52. The van der Waals surface area contributed by atoms with Crippen LogP contribution in [0.5, 0.6) is 0 Å². The van der Waals surface area contributed by atoms with Crippen molar-refractivity contribution in [2.75, 3.05) is 52.1 Å². The van der Waals surface area contributed by atoms with E-state index in [0.717, 1.165) is 36.8 Å². The first-order valence-electron chi connectivity index (χ1n) is 9.52. The summed E-state index contributed by atoms with van der Waals surface area (Å²) in [6.07, 6.45) is 6.60. The first-order valence-corrected chi connectivity index (χ1v) is 10.6. The van der Waals surface area contributed by atoms with Gasteiger partial charge in [0.2, 0.25) is 0 Å². The Morgan fingerprint density at radius 2 is 2.08 bits per heavy atom. The van der Waals surface area contributed by atoms with Gasteiger partial charge in [0.25, 0.3) is 0 Å². The molecule has 2 saturated heterocycles. The number of rotatable bonds is 6. The zero-order valence-electron chi connectivity index (χ0n) is 15.8. The van der Waals surface area contributed by atoms with Crippen LogP contribution in [0, 0.1) is 5.92 Å². The van der Waals surface area contributed by atoms with E-state index in [4.69, 9.17) is 0 Å². The van der Waals surface area contributed by atoms with Gasteiger partial charge >= 0.3 is 0 Å². The summed E-state index contributed by atoms with van der Waals surface area (Å²) in [6.45, 7) is 11.9. The van der Waals surface area contributed by atoms with Crippen LogP contribution in [0.4, 0.5) is 0 Å². The van der Waals surface area contributed by atoms with Gasteiger partial charge in [-0.2, -0.15) is 11.8 Å². The Balaban J connectivity index is 0.00000288. The molecule has 0 saturated carbocycles. The van der Waals surface area contributed by atoms with E-state index in [0.29, 0.717) is 0 Å². The van der Waals surface area contributed by atoms with Crippen molar-refractivity contribution in [2.24, 2.45) is 10.9 Å². The molecule has 142 valence electrons. The number of guanidine groups is 1. The smallest absolute Gasteiger partial charge is 0.193 e. The molecule has 2 rings (SSSR count). The lowest BCUT2D eigenvalue weighted by Gasteiger charge is -2.34. The minimum atomic E-state index is 0. The van der Waals surface area contributed by atoms with Gasteiger partial charge in [-0.15, -0.1) is 24.0 Å². The highest BCUT2D eigenvalue weighted by Gasteiger charge is 2.21. The van der Waals surface area contributed by atoms with Crippen LogP contribution in [0.15, 0.2) is 4.99 Å². The molecule has 24 heavy (non-hydrogen) atoms. The van der Waals surface area contributed by atoms with Gasteiger partial charge in [0.05, 0.1) is 0 Å². The van der Waals surface area contributed by atoms with Crippen molar-refractivity contribution in [1.29, 1.82) is 0 Å². The third-order valence-corrected chi connectivity index (χ3v) is 6.40. The van der Waals surface area contributed by atoms with Gasteiger partial charge in [-0.3, -0.25) is 4.99 Å². The maximum atomic E-state index is 4.49. The van der Waals surface area contributed by atoms with E-state index < -0.39 is 0 Å². The summed E-state index contributed by atoms with van der Waals surface area (Å²) < 4.78 is 0. The van der Waals surface area contributed by atoms with Crippen LogP contribution in [0.1, 0.15) is 46.0 Å². The average Bonchev–Trinajstić information content (AvgIpc) is 2.58. The lowest BCUT2D eigenvalue weighted by Crippen LogP contribution is -2.48. The van der Waals surface area contributed by atoms with Crippen molar-refractivity contribution in [3.8, 4) is 0 Å². The van der Waals surface area contributed by atoms with Crippen molar-refractivity contribution in [3.63, 3.8) is 0 Å². The molecule has 2 fully saturated rings. The Morgan fingerprint density at radius 3 is 2.79 bits per heavy atom. The van der Waals surface area contributed by atoms with Crippen molar-refractivity contribution in [3.05, 3.63) is 0 Å². The van der Waals surface area contributed by atoms with Crippen molar-refractivity contribution >= 4 is 41.7 Å². The number of hydrogen-bond acceptors (Lipinski definition) is 3. The average molecular weight is 468 g/mol. The third-order valence-electron chi connectivity index (χ3n) is 5.03. The molecular formula is C18H37IN4S. The van der Waals surface area contributed by atoms with Crippen molar-refractivity contribution < 1.29 is 0 Å². The fourth-order valence-electron chi connectivity index (χ4n) is 3.64. The summed E-state index contributed by atoms with van der Waals surface area (Å²) in [6, 6.07) is 0. The fourth-order valence-corrected chi connectivity index (χ4v) is 4.82. The van der Waals surface area contributed by atoms with Crippen molar-refractivity contribution in [1.82, 2.24) is 15.1 Å². The second-order valence-corrected chi connectivity index (χ2v) is 8.48. The number of hydrogen-bond donors (Lipinski definition) is 1. The molecule has 0 amide bonds. The van der Waals surface area contributed by atoms with Crippen LogP contribution in [-0.2, 0) is 0 Å². The molecule has 1 N–H and O–H groups in total. The molecule has 0 spiro atoms. The molecule has 0 aliphatic carbocycles. The molecular weight excluding hydrogens is 431 g/mol. The van der Waals surface area contributed by atoms with Gasteiger partial charge in [0, 0.05) is 44.2 Å². The highest BCUT2D eigenvalue weighted by atomic mass is 127. The number of thioether (sulfide) groups is 1. The second-order valence-electron chi connectivity index (χ2n) is 7.08. The summed E-state index contributed by atoms with van der Waals surface area (Å²) in [7, 11) is 1.92. The van der Waals surface area contributed by atoms with Crippen LogP contribution >= 0.6 is 35.7 Å². The van der Waals surface area contributed by atoms with Gasteiger partial charge in [-0.25, -0.2) is 0 Å². The molecule has 2 atom stereocenters. The lowest BCUT2D eigenvalue weighted by molar-refractivity contribution is 0.181. The van der Waals surface area contributed by atoms with Crippen LogP contribution in [0.3, 0.4) is 0 Å². The quantitative estimate of drug-likeness (QED) is 0.280. The molecule has 2 aliphatic rings. The molecule has 4 nitrogen and oxygen atoms in total. The SMILES string of the molecule is CCC1CN(C(=NC)NCCCCN2CCCC(C)C2)CCS1.I. The number of unbranched alkanes of at least 4 members (excludes halogenated alkanes) is 1. The normalized spacial score (nSPS) is 26.1. The minimum Gasteiger partial charge on any atom is -0.356 e. The first kappa shape index (κ1) is 22.4. The van der Waals surface area contributed by atoms with E-state index in [1.54, 1.807) is 0 Å². The number of likely N-dealkylation sites (tertiary alicyclic amines) is 1. The Labute approximate surface area is 170 Å². The summed E-state index contributed by atoms with van der Waals surface area (Å²) >= 11 is 2.11. The van der Waals surface area contributed by atoms with Gasteiger partial charge in [0.1, 0.15) is 0 Å². The van der Waals surface area contributed by atoms with E-state index in [2.05, 4.69) is 45.7 Å². The molecule has 6 heteroatoms. The van der Waals surface area contributed by atoms with Gasteiger partial charge in [0.15, 0.2) is 5.96 Å². The maximum absolute atomic E-state index is 4.49. The van der Waals surface area contributed by atoms with Crippen LogP contribution < -0.4 is 5.32 Å². The van der Waals surface area contributed by atoms with E-state index in [9.17, 15) is 0 Å². The summed E-state index contributed by atoms with van der Waals surface area (Å²) in [5.74, 6) is 3.23. The van der Waals surface area contributed by atoms with Gasteiger partial charge in [-0.05, 0) is 51.1 Å². The fraction of sp³-hybridized carbons (Fsp3) is 0.944. The van der Waals surface area contributed by atoms with Crippen LogP contribution in [-0.4, -0.2) is 73.1 Å². The number of halogens is 1. The number of aliphatic imine (C=N–C) groups is 1.